The van der Waals surface area contributed by atoms with Crippen LogP contribution in [0.15, 0.2) is 30.6 Å². The summed E-state index contributed by atoms with van der Waals surface area (Å²) < 4.78 is 1.94. The molecule has 2 aromatic rings. The second-order valence-corrected chi connectivity index (χ2v) is 3.60. The lowest BCUT2D eigenvalue weighted by Crippen LogP contribution is -2.04. The van der Waals surface area contributed by atoms with Crippen molar-refractivity contribution in [3.63, 3.8) is 0 Å². The fraction of sp³-hybridized carbons (Fsp3) is 0.273. The van der Waals surface area contributed by atoms with E-state index in [4.69, 9.17) is 7.85 Å². The molecule has 0 aliphatic rings. The van der Waals surface area contributed by atoms with Crippen LogP contribution in [0.2, 0.25) is 0 Å². The lowest BCUT2D eigenvalue weighted by atomic mass is 9.93. The summed E-state index contributed by atoms with van der Waals surface area (Å²) in [5.74, 6) is 0.998. The van der Waals surface area contributed by atoms with Gasteiger partial charge in [-0.1, -0.05) is 29.7 Å². The smallest absolute Gasteiger partial charge is 0.132 e. The van der Waals surface area contributed by atoms with Gasteiger partial charge in [-0.3, -0.25) is 0 Å². The number of rotatable bonds is 3. The molecule has 2 radical (unpaired) electrons. The van der Waals surface area contributed by atoms with E-state index < -0.39 is 0 Å². The third kappa shape index (κ3) is 2.46. The van der Waals surface area contributed by atoms with Crippen LogP contribution in [0.5, 0.6) is 0 Å². The monoisotopic (exact) mass is 197 g/mol. The molecule has 0 N–H and O–H groups in total. The molecule has 0 fully saturated rings. The molecule has 2 rings (SSSR count). The molecule has 0 saturated heterocycles. The first-order valence-corrected chi connectivity index (χ1v) is 4.93. The van der Waals surface area contributed by atoms with E-state index in [0.717, 1.165) is 24.1 Å². The summed E-state index contributed by atoms with van der Waals surface area (Å²) in [6, 6.07) is 7.94. The third-order valence-corrected chi connectivity index (χ3v) is 2.39. The Morgan fingerprint density at radius 2 is 2.20 bits per heavy atom. The van der Waals surface area contributed by atoms with Crippen LogP contribution in [0.25, 0.3) is 0 Å². The van der Waals surface area contributed by atoms with Crippen LogP contribution in [0.4, 0.5) is 0 Å². The maximum atomic E-state index is 5.70. The van der Waals surface area contributed by atoms with Gasteiger partial charge in [-0.05, 0) is 12.0 Å². The van der Waals surface area contributed by atoms with Gasteiger partial charge in [0.1, 0.15) is 20.0 Å². The van der Waals surface area contributed by atoms with Crippen molar-refractivity contribution in [1.29, 1.82) is 0 Å². The van der Waals surface area contributed by atoms with Gasteiger partial charge in [0.25, 0.3) is 0 Å². The molecule has 4 heteroatoms. The Labute approximate surface area is 90.6 Å². The molecule has 0 aliphatic heterocycles. The average Bonchev–Trinajstić information content (AvgIpc) is 2.61. The van der Waals surface area contributed by atoms with Crippen molar-refractivity contribution in [3.8, 4) is 0 Å². The Morgan fingerprint density at radius 1 is 1.33 bits per heavy atom. The van der Waals surface area contributed by atoms with Gasteiger partial charge in [0.05, 0.1) is 0 Å². The van der Waals surface area contributed by atoms with E-state index in [1.54, 1.807) is 6.33 Å². The second kappa shape index (κ2) is 4.30. The summed E-state index contributed by atoms with van der Waals surface area (Å²) in [6.45, 7) is 0. The van der Waals surface area contributed by atoms with Crippen molar-refractivity contribution < 1.29 is 0 Å². The molecule has 0 amide bonds. The van der Waals surface area contributed by atoms with Crippen molar-refractivity contribution in [1.82, 2.24) is 14.8 Å². The molecule has 0 saturated carbocycles. The third-order valence-electron chi connectivity index (χ3n) is 2.39. The summed E-state index contributed by atoms with van der Waals surface area (Å²) >= 11 is 0. The molecule has 0 bridgehead atoms. The zero-order chi connectivity index (χ0) is 10.7. The number of aromatic nitrogens is 3. The van der Waals surface area contributed by atoms with Gasteiger partial charge in [0.15, 0.2) is 0 Å². The van der Waals surface area contributed by atoms with Gasteiger partial charge < -0.3 is 4.57 Å². The van der Waals surface area contributed by atoms with E-state index >= 15 is 0 Å². The molecule has 74 valence electrons. The highest BCUT2D eigenvalue weighted by Gasteiger charge is 2.01. The first-order chi connectivity index (χ1) is 7.25. The lowest BCUT2D eigenvalue weighted by Gasteiger charge is -2.02. The lowest BCUT2D eigenvalue weighted by molar-refractivity contribution is 0.770. The van der Waals surface area contributed by atoms with Crippen molar-refractivity contribution in [3.05, 3.63) is 42.0 Å². The highest BCUT2D eigenvalue weighted by molar-refractivity contribution is 6.32. The van der Waals surface area contributed by atoms with E-state index in [1.807, 2.05) is 29.8 Å². The van der Waals surface area contributed by atoms with Crippen LogP contribution in [-0.2, 0) is 19.9 Å². The molecule has 0 unspecified atom stereocenters. The highest BCUT2D eigenvalue weighted by atomic mass is 15.2. The maximum absolute atomic E-state index is 5.70. The minimum Gasteiger partial charge on any atom is -0.321 e. The van der Waals surface area contributed by atoms with E-state index in [9.17, 15) is 0 Å². The molecule has 1 aromatic carbocycles. The van der Waals surface area contributed by atoms with Crippen molar-refractivity contribution in [2.75, 3.05) is 0 Å². The molecule has 0 aliphatic carbocycles. The molecular weight excluding hydrogens is 185 g/mol. The zero-order valence-corrected chi connectivity index (χ0v) is 8.72. The van der Waals surface area contributed by atoms with E-state index in [-0.39, 0.29) is 0 Å². The Balaban J connectivity index is 2.02. The van der Waals surface area contributed by atoms with Crippen LogP contribution < -0.4 is 5.46 Å². The number of aryl methyl sites for hydroxylation is 3. The normalized spacial score (nSPS) is 10.5. The number of hydrogen-bond acceptors (Lipinski definition) is 2. The van der Waals surface area contributed by atoms with Crippen LogP contribution in [0, 0.1) is 0 Å². The van der Waals surface area contributed by atoms with E-state index in [1.165, 1.54) is 5.56 Å². The zero-order valence-electron chi connectivity index (χ0n) is 8.72. The van der Waals surface area contributed by atoms with Crippen LogP contribution in [0.3, 0.4) is 0 Å². The Kier molecular flexibility index (Phi) is 2.85. The summed E-state index contributed by atoms with van der Waals surface area (Å²) in [4.78, 5) is 0. The quantitative estimate of drug-likeness (QED) is 0.666. The largest absolute Gasteiger partial charge is 0.321 e. The van der Waals surface area contributed by atoms with Gasteiger partial charge in [-0.2, -0.15) is 0 Å². The van der Waals surface area contributed by atoms with Crippen LogP contribution >= 0.6 is 0 Å². The van der Waals surface area contributed by atoms with E-state index in [0.29, 0.717) is 0 Å². The van der Waals surface area contributed by atoms with Crippen molar-refractivity contribution in [2.45, 2.75) is 12.8 Å². The fourth-order valence-electron chi connectivity index (χ4n) is 1.54. The minimum absolute atomic E-state index is 0.811. The van der Waals surface area contributed by atoms with Gasteiger partial charge in [-0.25, -0.2) is 0 Å². The molecule has 15 heavy (non-hydrogen) atoms. The minimum atomic E-state index is 0.811. The predicted octanol–water partition coefficient (Wildman–Crippen LogP) is 0.394. The predicted molar refractivity (Wildman–Crippen MR) is 60.2 cm³/mol. The van der Waals surface area contributed by atoms with Gasteiger partial charge >= 0.3 is 0 Å². The standard InChI is InChI=1S/C11H12BN3/c1-15-8-13-14-11(15)6-5-9-3-2-4-10(12)7-9/h2-4,7-8H,5-6H2,1H3. The van der Waals surface area contributed by atoms with Crippen molar-refractivity contribution in [2.24, 2.45) is 7.05 Å². The number of benzene rings is 1. The van der Waals surface area contributed by atoms with Crippen LogP contribution in [0.1, 0.15) is 11.4 Å². The average molecular weight is 197 g/mol. The maximum Gasteiger partial charge on any atom is 0.132 e. The van der Waals surface area contributed by atoms with Crippen LogP contribution in [-0.4, -0.2) is 22.6 Å². The van der Waals surface area contributed by atoms with Gasteiger partial charge in [-0.15, -0.1) is 10.2 Å². The van der Waals surface area contributed by atoms with Gasteiger partial charge in [0, 0.05) is 13.5 Å². The Bertz CT molecular complexity index is 451. The summed E-state index contributed by atoms with van der Waals surface area (Å²) in [5, 5.41) is 7.87. The molecule has 0 atom stereocenters. The SMILES string of the molecule is [B]c1cccc(CCc2nncn2C)c1. The molecular formula is C11H12BN3. The number of nitrogens with zero attached hydrogens (tertiary/aromatic N) is 3. The summed E-state index contributed by atoms with van der Waals surface area (Å²) in [5.41, 5.74) is 2.04. The fourth-order valence-corrected chi connectivity index (χ4v) is 1.54. The van der Waals surface area contributed by atoms with E-state index in [2.05, 4.69) is 16.3 Å². The first kappa shape index (κ1) is 9.96. The first-order valence-electron chi connectivity index (χ1n) is 4.93. The highest BCUT2D eigenvalue weighted by Crippen LogP contribution is 2.02. The van der Waals surface area contributed by atoms with Gasteiger partial charge in [0.2, 0.25) is 0 Å². The second-order valence-electron chi connectivity index (χ2n) is 3.60. The summed E-state index contributed by atoms with van der Waals surface area (Å²) in [7, 11) is 7.66. The Morgan fingerprint density at radius 3 is 2.87 bits per heavy atom. The molecule has 1 aromatic heterocycles. The number of hydrogen-bond donors (Lipinski definition) is 0. The van der Waals surface area contributed by atoms with Crippen molar-refractivity contribution >= 4 is 13.3 Å². The molecule has 0 spiro atoms. The summed E-state index contributed by atoms with van der Waals surface area (Å²) in [6.07, 6.45) is 3.55. The molecule has 3 nitrogen and oxygen atoms in total. The molecule has 1 heterocycles. The topological polar surface area (TPSA) is 30.7 Å². The Hall–Kier alpha value is -1.58.